The lowest BCUT2D eigenvalue weighted by atomic mass is 10.1. The molecule has 1 heteroatoms. The van der Waals surface area contributed by atoms with Gasteiger partial charge in [-0.25, -0.2) is 4.58 Å². The van der Waals surface area contributed by atoms with Gasteiger partial charge >= 0.3 is 0 Å². The zero-order chi connectivity index (χ0) is 10.7. The van der Waals surface area contributed by atoms with Crippen molar-refractivity contribution in [1.29, 1.82) is 0 Å². The van der Waals surface area contributed by atoms with Gasteiger partial charge < -0.3 is 0 Å². The quantitative estimate of drug-likeness (QED) is 0.369. The predicted molar refractivity (Wildman–Crippen MR) is 63.2 cm³/mol. The summed E-state index contributed by atoms with van der Waals surface area (Å²) >= 11 is 0. The van der Waals surface area contributed by atoms with Crippen LogP contribution in [0, 0.1) is 17.8 Å². The Morgan fingerprint density at radius 2 is 1.87 bits per heavy atom. The second-order valence-electron chi connectivity index (χ2n) is 4.15. The van der Waals surface area contributed by atoms with Gasteiger partial charge in [-0.15, -0.1) is 0 Å². The van der Waals surface area contributed by atoms with Crippen molar-refractivity contribution < 1.29 is 4.58 Å². The molecule has 1 nitrogen and oxygen atoms in total. The minimum atomic E-state index is 0.656. The number of hydrogen-bond acceptors (Lipinski definition) is 0. The largest absolute Gasteiger partial charge is 0.258 e. The van der Waals surface area contributed by atoms with E-state index in [1.165, 1.54) is 18.4 Å². The van der Waals surface area contributed by atoms with Crippen molar-refractivity contribution in [2.45, 2.75) is 12.8 Å². The molecule has 15 heavy (non-hydrogen) atoms. The molecule has 76 valence electrons. The molecule has 0 radical (unpaired) electrons. The molecule has 0 saturated heterocycles. The zero-order valence-corrected chi connectivity index (χ0v) is 9.33. The van der Waals surface area contributed by atoms with Crippen LogP contribution in [-0.4, -0.2) is 24.4 Å². The maximum absolute atomic E-state index is 3.31. The highest BCUT2D eigenvalue weighted by Crippen LogP contribution is 2.27. The Bertz CT molecular complexity index is 423. The van der Waals surface area contributed by atoms with E-state index < -0.39 is 0 Å². The maximum atomic E-state index is 3.31. The molecule has 1 aliphatic rings. The molecule has 0 unspecified atom stereocenters. The van der Waals surface area contributed by atoms with E-state index in [1.54, 1.807) is 0 Å². The monoisotopic (exact) mass is 198 g/mol. The smallest absolute Gasteiger partial charge is 0.227 e. The van der Waals surface area contributed by atoms with Crippen LogP contribution in [0.4, 0.5) is 0 Å². The van der Waals surface area contributed by atoms with Crippen LogP contribution in [0.2, 0.25) is 0 Å². The molecule has 0 amide bonds. The van der Waals surface area contributed by atoms with Crippen LogP contribution in [0.25, 0.3) is 0 Å². The predicted octanol–water partition coefficient (Wildman–Crippen LogP) is 2.16. The third-order valence-electron chi connectivity index (χ3n) is 2.47. The minimum Gasteiger partial charge on any atom is -0.227 e. The number of hydrogen-bond donors (Lipinski definition) is 0. The molecule has 1 saturated carbocycles. The molecule has 0 spiro atoms. The van der Waals surface area contributed by atoms with E-state index in [0.717, 1.165) is 5.71 Å². The summed E-state index contributed by atoms with van der Waals surface area (Å²) < 4.78 is 2.09. The molecule has 1 aromatic rings. The van der Waals surface area contributed by atoms with E-state index in [-0.39, 0.29) is 0 Å². The Morgan fingerprint density at radius 1 is 1.20 bits per heavy atom. The Kier molecular flexibility index (Phi) is 2.87. The average Bonchev–Trinajstić information content (AvgIpc) is 3.03. The van der Waals surface area contributed by atoms with Crippen molar-refractivity contribution in [3.8, 4) is 11.8 Å². The van der Waals surface area contributed by atoms with Crippen LogP contribution >= 0.6 is 0 Å². The lowest BCUT2D eigenvalue weighted by Gasteiger charge is -1.96. The maximum Gasteiger partial charge on any atom is 0.258 e. The van der Waals surface area contributed by atoms with Crippen LogP contribution in [0.3, 0.4) is 0 Å². The van der Waals surface area contributed by atoms with Gasteiger partial charge in [-0.1, -0.05) is 24.1 Å². The van der Waals surface area contributed by atoms with Gasteiger partial charge in [0, 0.05) is 11.8 Å². The van der Waals surface area contributed by atoms with Gasteiger partial charge in [-0.05, 0) is 25.0 Å². The van der Waals surface area contributed by atoms with Gasteiger partial charge in [0.15, 0.2) is 0 Å². The summed E-state index contributed by atoms with van der Waals surface area (Å²) in [6.45, 7) is 0. The van der Waals surface area contributed by atoms with Crippen LogP contribution in [0.15, 0.2) is 30.3 Å². The first-order valence-corrected chi connectivity index (χ1v) is 5.38. The first-order chi connectivity index (χ1) is 7.27. The third kappa shape index (κ3) is 2.70. The highest BCUT2D eigenvalue weighted by Gasteiger charge is 2.18. The van der Waals surface area contributed by atoms with E-state index in [9.17, 15) is 0 Å². The molecule has 0 heterocycles. The molecule has 1 aliphatic carbocycles. The Morgan fingerprint density at radius 3 is 2.40 bits per heavy atom. The van der Waals surface area contributed by atoms with Crippen molar-refractivity contribution in [2.24, 2.45) is 5.92 Å². The molecular formula is C14H16N+. The van der Waals surface area contributed by atoms with Gasteiger partial charge in [0.1, 0.15) is 14.1 Å². The van der Waals surface area contributed by atoms with Crippen molar-refractivity contribution >= 4 is 5.71 Å². The van der Waals surface area contributed by atoms with Crippen LogP contribution < -0.4 is 0 Å². The Hall–Kier alpha value is -1.55. The summed E-state index contributed by atoms with van der Waals surface area (Å²) in [6, 6.07) is 10.4. The van der Waals surface area contributed by atoms with Crippen molar-refractivity contribution in [2.75, 3.05) is 14.1 Å². The molecule has 0 bridgehead atoms. The molecular weight excluding hydrogens is 182 g/mol. The molecule has 1 aromatic carbocycles. The highest BCUT2D eigenvalue weighted by atomic mass is 14.9. The second-order valence-corrected chi connectivity index (χ2v) is 4.15. The van der Waals surface area contributed by atoms with Crippen LogP contribution in [0.5, 0.6) is 0 Å². The molecule has 0 aliphatic heterocycles. The van der Waals surface area contributed by atoms with Gasteiger partial charge in [0.2, 0.25) is 0 Å². The van der Waals surface area contributed by atoms with Crippen molar-refractivity contribution in [3.63, 3.8) is 0 Å². The summed E-state index contributed by atoms with van der Waals surface area (Å²) in [5.74, 6) is 7.25. The molecule has 0 N–H and O–H groups in total. The van der Waals surface area contributed by atoms with E-state index in [0.29, 0.717) is 5.92 Å². The van der Waals surface area contributed by atoms with Gasteiger partial charge in [-0.2, -0.15) is 0 Å². The topological polar surface area (TPSA) is 3.01 Å². The summed E-state index contributed by atoms with van der Waals surface area (Å²) in [5.41, 5.74) is 2.32. The molecule has 1 fully saturated rings. The summed E-state index contributed by atoms with van der Waals surface area (Å²) in [7, 11) is 4.09. The van der Waals surface area contributed by atoms with Crippen molar-refractivity contribution in [1.82, 2.24) is 0 Å². The average molecular weight is 198 g/mol. The standard InChI is InChI=1S/C14H16N/c1-15(2)14(11-10-12-8-9-12)13-6-4-3-5-7-13/h3-7,12H,8-9H2,1-2H3/q+1. The lowest BCUT2D eigenvalue weighted by Crippen LogP contribution is -2.12. The van der Waals surface area contributed by atoms with E-state index in [2.05, 4.69) is 40.7 Å². The first-order valence-electron chi connectivity index (χ1n) is 5.38. The van der Waals surface area contributed by atoms with E-state index >= 15 is 0 Å². The normalized spacial score (nSPS) is 14.0. The number of nitrogens with zero attached hydrogens (tertiary/aromatic N) is 1. The molecule has 0 atom stereocenters. The zero-order valence-electron chi connectivity index (χ0n) is 9.33. The van der Waals surface area contributed by atoms with E-state index in [1.807, 2.05) is 20.2 Å². The van der Waals surface area contributed by atoms with Gasteiger partial charge in [0.25, 0.3) is 5.71 Å². The van der Waals surface area contributed by atoms with Crippen LogP contribution in [0.1, 0.15) is 18.4 Å². The Labute approximate surface area is 91.4 Å². The highest BCUT2D eigenvalue weighted by molar-refractivity contribution is 6.09. The molecule has 0 aromatic heterocycles. The third-order valence-corrected chi connectivity index (χ3v) is 2.47. The van der Waals surface area contributed by atoms with E-state index in [4.69, 9.17) is 0 Å². The van der Waals surface area contributed by atoms with Crippen LogP contribution in [-0.2, 0) is 0 Å². The fourth-order valence-corrected chi connectivity index (χ4v) is 1.44. The number of rotatable bonds is 1. The van der Waals surface area contributed by atoms with Crippen molar-refractivity contribution in [3.05, 3.63) is 35.9 Å². The summed E-state index contributed by atoms with van der Waals surface area (Å²) in [5, 5.41) is 0. The summed E-state index contributed by atoms with van der Waals surface area (Å²) in [6.07, 6.45) is 2.56. The Balaban J connectivity index is 2.30. The minimum absolute atomic E-state index is 0.656. The van der Waals surface area contributed by atoms with Gasteiger partial charge in [-0.3, -0.25) is 0 Å². The lowest BCUT2D eigenvalue weighted by molar-refractivity contribution is -0.462. The first kappa shape index (κ1) is 9.98. The number of benzene rings is 1. The second kappa shape index (κ2) is 4.31. The summed E-state index contributed by atoms with van der Waals surface area (Å²) in [4.78, 5) is 0. The SMILES string of the molecule is C[N+](C)=C(C#CC1CC1)c1ccccc1. The molecule has 2 rings (SSSR count). The van der Waals surface area contributed by atoms with Gasteiger partial charge in [0.05, 0.1) is 5.56 Å². The fraction of sp³-hybridized carbons (Fsp3) is 0.357. The fourth-order valence-electron chi connectivity index (χ4n) is 1.44.